The molecule has 2 rings (SSSR count). The van der Waals surface area contributed by atoms with Gasteiger partial charge in [-0.3, -0.25) is 4.79 Å². The maximum atomic E-state index is 11.1. The van der Waals surface area contributed by atoms with Gasteiger partial charge in [0.05, 0.1) is 17.3 Å². The number of carboxylic acids is 1. The lowest BCUT2D eigenvalue weighted by Crippen LogP contribution is -2.31. The van der Waals surface area contributed by atoms with Crippen molar-refractivity contribution in [2.75, 3.05) is 24.3 Å². The van der Waals surface area contributed by atoms with Gasteiger partial charge >= 0.3 is 5.97 Å². The molecule has 0 spiro atoms. The molecule has 0 bridgehead atoms. The average molecular weight is 341 g/mol. The predicted molar refractivity (Wildman–Crippen MR) is 85.5 cm³/mol. The predicted octanol–water partition coefficient (Wildman–Crippen LogP) is 3.57. The number of nitrogens with zero attached hydrogens (tertiary/aromatic N) is 1. The zero-order chi connectivity index (χ0) is 14.7. The van der Waals surface area contributed by atoms with Crippen LogP contribution < -0.4 is 10.2 Å². The van der Waals surface area contributed by atoms with Gasteiger partial charge in [0.15, 0.2) is 0 Å². The van der Waals surface area contributed by atoms with Crippen molar-refractivity contribution < 1.29 is 9.90 Å². The molecule has 1 saturated carbocycles. The second kappa shape index (κ2) is 6.48. The van der Waals surface area contributed by atoms with Gasteiger partial charge in [0.2, 0.25) is 0 Å². The Morgan fingerprint density at radius 3 is 2.80 bits per heavy atom. The molecule has 0 heterocycles. The minimum Gasteiger partial charge on any atom is -0.481 e. The summed E-state index contributed by atoms with van der Waals surface area (Å²) in [6, 6.07) is 6.36. The molecule has 0 aromatic heterocycles. The van der Waals surface area contributed by atoms with Crippen LogP contribution in [0.5, 0.6) is 0 Å². The second-order valence-electron chi connectivity index (χ2n) is 5.60. The van der Waals surface area contributed by atoms with E-state index in [2.05, 4.69) is 38.3 Å². The van der Waals surface area contributed by atoms with Crippen molar-refractivity contribution in [1.29, 1.82) is 0 Å². The van der Waals surface area contributed by atoms with Crippen molar-refractivity contribution in [3.8, 4) is 0 Å². The number of hydrogen-bond donors (Lipinski definition) is 2. The van der Waals surface area contributed by atoms with Crippen LogP contribution in [0, 0.1) is 5.92 Å². The second-order valence-corrected chi connectivity index (χ2v) is 6.51. The largest absolute Gasteiger partial charge is 0.481 e. The van der Waals surface area contributed by atoms with Crippen molar-refractivity contribution >= 4 is 33.3 Å². The molecule has 5 heteroatoms. The average Bonchev–Trinajstić information content (AvgIpc) is 2.38. The van der Waals surface area contributed by atoms with Gasteiger partial charge < -0.3 is 15.3 Å². The number of aliphatic carboxylic acids is 1. The number of rotatable bonds is 4. The Balaban J connectivity index is 2.13. The highest BCUT2D eigenvalue weighted by Gasteiger charge is 2.27. The molecule has 0 amide bonds. The first-order valence-electron chi connectivity index (χ1n) is 6.93. The molecular formula is C15H21BrN2O2. The Labute approximate surface area is 128 Å². The van der Waals surface area contributed by atoms with Crippen LogP contribution in [0.2, 0.25) is 0 Å². The van der Waals surface area contributed by atoms with Crippen molar-refractivity contribution in [3.05, 3.63) is 22.7 Å². The third-order valence-electron chi connectivity index (χ3n) is 3.82. The third-order valence-corrected chi connectivity index (χ3v) is 4.32. The standard InChI is InChI=1S/C15H21BrN2O2/c1-18(2)14-7-6-11(16)9-13(14)17-12-5-3-4-10(8-12)15(19)20/h6-7,9-10,12,17H,3-5,8H2,1-2H3,(H,19,20). The van der Waals surface area contributed by atoms with Gasteiger partial charge in [-0.15, -0.1) is 0 Å². The maximum absolute atomic E-state index is 11.1. The van der Waals surface area contributed by atoms with E-state index in [1.165, 1.54) is 0 Å². The molecule has 110 valence electrons. The molecule has 2 atom stereocenters. The van der Waals surface area contributed by atoms with E-state index in [1.54, 1.807) is 0 Å². The van der Waals surface area contributed by atoms with Crippen LogP contribution in [0.25, 0.3) is 0 Å². The molecule has 1 fully saturated rings. The molecule has 2 N–H and O–H groups in total. The number of nitrogens with one attached hydrogen (secondary N) is 1. The van der Waals surface area contributed by atoms with Gasteiger partial charge in [0.25, 0.3) is 0 Å². The lowest BCUT2D eigenvalue weighted by Gasteiger charge is -2.30. The van der Waals surface area contributed by atoms with Crippen molar-refractivity contribution in [3.63, 3.8) is 0 Å². The van der Waals surface area contributed by atoms with Crippen LogP contribution in [0.15, 0.2) is 22.7 Å². The Morgan fingerprint density at radius 1 is 1.40 bits per heavy atom. The monoisotopic (exact) mass is 340 g/mol. The van der Waals surface area contributed by atoms with E-state index in [-0.39, 0.29) is 12.0 Å². The number of halogens is 1. The molecule has 1 aliphatic carbocycles. The zero-order valence-electron chi connectivity index (χ0n) is 11.9. The highest BCUT2D eigenvalue weighted by atomic mass is 79.9. The van der Waals surface area contributed by atoms with Gasteiger partial charge in [0.1, 0.15) is 0 Å². The maximum Gasteiger partial charge on any atom is 0.306 e. The van der Waals surface area contributed by atoms with E-state index >= 15 is 0 Å². The van der Waals surface area contributed by atoms with Crippen molar-refractivity contribution in [2.45, 2.75) is 31.7 Å². The summed E-state index contributed by atoms with van der Waals surface area (Å²) >= 11 is 3.49. The fourth-order valence-corrected chi connectivity index (χ4v) is 3.14. The molecule has 0 aliphatic heterocycles. The molecule has 20 heavy (non-hydrogen) atoms. The lowest BCUT2D eigenvalue weighted by molar-refractivity contribution is -0.142. The minimum atomic E-state index is -0.668. The fourth-order valence-electron chi connectivity index (χ4n) is 2.78. The molecule has 0 saturated heterocycles. The molecule has 4 nitrogen and oxygen atoms in total. The SMILES string of the molecule is CN(C)c1ccc(Br)cc1NC1CCCC(C(=O)O)C1. The van der Waals surface area contributed by atoms with E-state index in [0.29, 0.717) is 6.42 Å². The fraction of sp³-hybridized carbons (Fsp3) is 0.533. The third kappa shape index (κ3) is 3.66. The van der Waals surface area contributed by atoms with Crippen LogP contribution in [0.3, 0.4) is 0 Å². The van der Waals surface area contributed by atoms with Gasteiger partial charge in [0, 0.05) is 24.6 Å². The van der Waals surface area contributed by atoms with Gasteiger partial charge in [-0.2, -0.15) is 0 Å². The summed E-state index contributed by atoms with van der Waals surface area (Å²) in [5.74, 6) is -0.880. The number of carbonyl (C=O) groups is 1. The number of anilines is 2. The molecule has 1 aliphatic rings. The molecular weight excluding hydrogens is 320 g/mol. The van der Waals surface area contributed by atoms with E-state index in [0.717, 1.165) is 35.1 Å². The molecule has 1 aromatic carbocycles. The quantitative estimate of drug-likeness (QED) is 0.879. The first-order chi connectivity index (χ1) is 9.47. The van der Waals surface area contributed by atoms with Crippen LogP contribution in [-0.2, 0) is 4.79 Å². The summed E-state index contributed by atoms with van der Waals surface area (Å²) in [5, 5.41) is 12.7. The van der Waals surface area contributed by atoms with E-state index < -0.39 is 5.97 Å². The minimum absolute atomic E-state index is 0.212. The van der Waals surface area contributed by atoms with Crippen molar-refractivity contribution in [2.24, 2.45) is 5.92 Å². The van der Waals surface area contributed by atoms with Crippen LogP contribution >= 0.6 is 15.9 Å². The first-order valence-corrected chi connectivity index (χ1v) is 7.73. The van der Waals surface area contributed by atoms with E-state index in [9.17, 15) is 4.79 Å². The molecule has 1 aromatic rings. The Bertz CT molecular complexity index is 491. The zero-order valence-corrected chi connectivity index (χ0v) is 13.5. The number of benzene rings is 1. The highest BCUT2D eigenvalue weighted by molar-refractivity contribution is 9.10. The van der Waals surface area contributed by atoms with Crippen molar-refractivity contribution in [1.82, 2.24) is 0 Å². The number of carboxylic acid groups (broad SMARTS) is 1. The van der Waals surface area contributed by atoms with Gasteiger partial charge in [-0.05, 0) is 37.5 Å². The molecule has 0 radical (unpaired) electrons. The molecule has 2 unspecified atom stereocenters. The Hall–Kier alpha value is -1.23. The smallest absolute Gasteiger partial charge is 0.306 e. The van der Waals surface area contributed by atoms with Crippen LogP contribution in [0.1, 0.15) is 25.7 Å². The summed E-state index contributed by atoms with van der Waals surface area (Å²) < 4.78 is 1.02. The van der Waals surface area contributed by atoms with Gasteiger partial charge in [-0.1, -0.05) is 22.4 Å². The summed E-state index contributed by atoms with van der Waals surface area (Å²) in [5.41, 5.74) is 2.17. The Morgan fingerprint density at radius 2 is 2.15 bits per heavy atom. The van der Waals surface area contributed by atoms with Gasteiger partial charge in [-0.25, -0.2) is 0 Å². The topological polar surface area (TPSA) is 52.6 Å². The summed E-state index contributed by atoms with van der Waals surface area (Å²) in [4.78, 5) is 13.2. The summed E-state index contributed by atoms with van der Waals surface area (Å²) in [7, 11) is 4.02. The van der Waals surface area contributed by atoms with Crippen LogP contribution in [-0.4, -0.2) is 31.2 Å². The number of hydrogen-bond acceptors (Lipinski definition) is 3. The normalized spacial score (nSPS) is 22.4. The highest BCUT2D eigenvalue weighted by Crippen LogP contribution is 2.32. The lowest BCUT2D eigenvalue weighted by atomic mass is 9.85. The summed E-state index contributed by atoms with van der Waals surface area (Å²) in [6.07, 6.45) is 3.50. The van der Waals surface area contributed by atoms with E-state index in [4.69, 9.17) is 5.11 Å². The summed E-state index contributed by atoms with van der Waals surface area (Å²) in [6.45, 7) is 0. The van der Waals surface area contributed by atoms with E-state index in [1.807, 2.05) is 20.2 Å². The van der Waals surface area contributed by atoms with Crippen LogP contribution in [0.4, 0.5) is 11.4 Å². The Kier molecular flexibility index (Phi) is 4.91. The first kappa shape index (κ1) is 15.2.